The van der Waals surface area contributed by atoms with Crippen molar-refractivity contribution >= 4 is 34.2 Å². The van der Waals surface area contributed by atoms with Crippen molar-refractivity contribution in [1.82, 2.24) is 9.80 Å². The average molecular weight is 608 g/mol. The van der Waals surface area contributed by atoms with E-state index in [0.717, 1.165) is 66.8 Å². The minimum absolute atomic E-state index is 0.0281. The molecule has 1 aromatic rings. The quantitative estimate of drug-likeness (QED) is 0.112. The lowest BCUT2D eigenvalue weighted by Gasteiger charge is -2.27. The number of thiophene rings is 1. The molecule has 0 radical (unpaired) electrons. The molecule has 8 nitrogen and oxygen atoms in total. The van der Waals surface area contributed by atoms with Gasteiger partial charge in [0.05, 0.1) is 24.6 Å². The Kier molecular flexibility index (Phi) is 17.8. The van der Waals surface area contributed by atoms with Crippen LogP contribution in [-0.2, 0) is 32.0 Å². The van der Waals surface area contributed by atoms with Crippen LogP contribution < -0.4 is 5.32 Å². The molecule has 0 aromatic carbocycles. The summed E-state index contributed by atoms with van der Waals surface area (Å²) in [5.41, 5.74) is 1.64. The molecule has 9 heteroatoms. The van der Waals surface area contributed by atoms with Crippen LogP contribution in [0.1, 0.15) is 125 Å². The zero-order chi connectivity index (χ0) is 30.7. The zero-order valence-electron chi connectivity index (χ0n) is 27.1. The van der Waals surface area contributed by atoms with Gasteiger partial charge in [0.1, 0.15) is 11.6 Å². The topological polar surface area (TPSA) is 88.2 Å². The Labute approximate surface area is 258 Å². The van der Waals surface area contributed by atoms with Crippen molar-refractivity contribution in [2.24, 2.45) is 5.92 Å². The molecule has 0 fully saturated rings. The van der Waals surface area contributed by atoms with Gasteiger partial charge >= 0.3 is 11.9 Å². The molecule has 0 spiro atoms. The summed E-state index contributed by atoms with van der Waals surface area (Å²) in [6.45, 7) is 7.02. The Hall–Kier alpha value is -2.13. The molecule has 240 valence electrons. The number of fused-ring (bicyclic) bond motifs is 1. The summed E-state index contributed by atoms with van der Waals surface area (Å²) in [6, 6.07) is 0. The Morgan fingerprint density at radius 1 is 0.905 bits per heavy atom. The smallest absolute Gasteiger partial charge is 0.341 e. The van der Waals surface area contributed by atoms with E-state index < -0.39 is 0 Å². The number of amides is 1. The molecule has 1 aromatic heterocycles. The second-order valence-electron chi connectivity index (χ2n) is 11.8. The standard InChI is InChI=1S/C33H57N3O5S/c1-6-8-10-11-14-18-26(17-13-9-7-2)32(38)40-23-16-12-15-19-29(37)36-21-20-27-28(25-36)42-31(34-3)30(27)33(39)41-24-22-35(4)5/h26,34H,6-25H2,1-5H3. The van der Waals surface area contributed by atoms with Gasteiger partial charge in [-0.3, -0.25) is 9.59 Å². The third-order valence-corrected chi connectivity index (χ3v) is 9.27. The zero-order valence-corrected chi connectivity index (χ0v) is 27.9. The number of ether oxygens (including phenoxy) is 2. The normalized spacial score (nSPS) is 13.6. The van der Waals surface area contributed by atoms with Crippen LogP contribution in [0.3, 0.4) is 0 Å². The number of hydrogen-bond donors (Lipinski definition) is 1. The molecule has 1 N–H and O–H groups in total. The molecule has 1 aliphatic heterocycles. The van der Waals surface area contributed by atoms with Gasteiger partial charge in [-0.25, -0.2) is 4.79 Å². The fourth-order valence-corrected chi connectivity index (χ4v) is 6.63. The first-order chi connectivity index (χ1) is 20.3. The Morgan fingerprint density at radius 3 is 2.26 bits per heavy atom. The van der Waals surface area contributed by atoms with Crippen molar-refractivity contribution in [2.75, 3.05) is 52.8 Å². The maximum Gasteiger partial charge on any atom is 0.341 e. The van der Waals surface area contributed by atoms with Gasteiger partial charge < -0.3 is 24.6 Å². The fraction of sp³-hybridized carbons (Fsp3) is 0.788. The van der Waals surface area contributed by atoms with Gasteiger partial charge in [-0.05, 0) is 58.2 Å². The minimum Gasteiger partial charge on any atom is -0.465 e. The van der Waals surface area contributed by atoms with Crippen LogP contribution >= 0.6 is 11.3 Å². The second kappa shape index (κ2) is 20.7. The van der Waals surface area contributed by atoms with Crippen molar-refractivity contribution in [3.63, 3.8) is 0 Å². The molecule has 1 aliphatic rings. The average Bonchev–Trinajstić information content (AvgIpc) is 3.35. The van der Waals surface area contributed by atoms with Crippen LogP contribution in [0.25, 0.3) is 0 Å². The summed E-state index contributed by atoms with van der Waals surface area (Å²) >= 11 is 1.54. The molecule has 1 unspecified atom stereocenters. The highest BCUT2D eigenvalue weighted by Crippen LogP contribution is 2.37. The van der Waals surface area contributed by atoms with Crippen molar-refractivity contribution in [3.8, 4) is 0 Å². The molecule has 1 amide bonds. The minimum atomic E-state index is -0.293. The molecule has 1 atom stereocenters. The number of rotatable bonds is 22. The van der Waals surface area contributed by atoms with E-state index in [1.165, 1.54) is 32.1 Å². The highest BCUT2D eigenvalue weighted by molar-refractivity contribution is 7.16. The lowest BCUT2D eigenvalue weighted by Crippen LogP contribution is -2.35. The Bertz CT molecular complexity index is 948. The number of likely N-dealkylation sites (N-methyl/N-ethyl adjacent to an activating group) is 1. The highest BCUT2D eigenvalue weighted by Gasteiger charge is 2.30. The van der Waals surface area contributed by atoms with Crippen molar-refractivity contribution < 1.29 is 23.9 Å². The van der Waals surface area contributed by atoms with Gasteiger partial charge in [-0.2, -0.15) is 0 Å². The largest absolute Gasteiger partial charge is 0.465 e. The van der Waals surface area contributed by atoms with Gasteiger partial charge in [0, 0.05) is 31.4 Å². The second-order valence-corrected chi connectivity index (χ2v) is 12.9. The van der Waals surface area contributed by atoms with E-state index in [2.05, 4.69) is 19.2 Å². The summed E-state index contributed by atoms with van der Waals surface area (Å²) < 4.78 is 11.2. The third kappa shape index (κ3) is 12.6. The predicted molar refractivity (Wildman–Crippen MR) is 172 cm³/mol. The Morgan fingerprint density at radius 2 is 1.57 bits per heavy atom. The fourth-order valence-electron chi connectivity index (χ4n) is 5.42. The van der Waals surface area contributed by atoms with E-state index >= 15 is 0 Å². The van der Waals surface area contributed by atoms with Crippen molar-refractivity contribution in [3.05, 3.63) is 16.0 Å². The van der Waals surface area contributed by atoms with Crippen LogP contribution in [0, 0.1) is 5.92 Å². The van der Waals surface area contributed by atoms with Gasteiger partial charge in [0.25, 0.3) is 0 Å². The lowest BCUT2D eigenvalue weighted by atomic mass is 9.94. The molecular formula is C33H57N3O5S. The van der Waals surface area contributed by atoms with Crippen LogP contribution in [-0.4, -0.2) is 75.1 Å². The SMILES string of the molecule is CCCCCCCC(CCCCC)C(=O)OCCCCCC(=O)N1CCc2c(sc(NC)c2C(=O)OCCN(C)C)C1. The summed E-state index contributed by atoms with van der Waals surface area (Å²) in [4.78, 5) is 43.5. The van der Waals surface area contributed by atoms with Gasteiger partial charge in [-0.15, -0.1) is 11.3 Å². The maximum absolute atomic E-state index is 13.0. The van der Waals surface area contributed by atoms with Gasteiger partial charge in [0.2, 0.25) is 5.91 Å². The molecule has 0 aliphatic carbocycles. The number of hydrogen-bond acceptors (Lipinski definition) is 8. The van der Waals surface area contributed by atoms with E-state index in [0.29, 0.717) is 51.3 Å². The van der Waals surface area contributed by atoms with E-state index in [9.17, 15) is 14.4 Å². The molecule has 2 rings (SSSR count). The summed E-state index contributed by atoms with van der Waals surface area (Å²) in [5.74, 6) is -0.144. The summed E-state index contributed by atoms with van der Waals surface area (Å²) in [7, 11) is 5.71. The first kappa shape index (κ1) is 36.1. The van der Waals surface area contributed by atoms with Crippen LogP contribution in [0.2, 0.25) is 0 Å². The van der Waals surface area contributed by atoms with Gasteiger partial charge in [0.15, 0.2) is 0 Å². The lowest BCUT2D eigenvalue weighted by molar-refractivity contribution is -0.149. The predicted octanol–water partition coefficient (Wildman–Crippen LogP) is 7.05. The molecule has 0 bridgehead atoms. The van der Waals surface area contributed by atoms with Crippen LogP contribution in [0.5, 0.6) is 0 Å². The number of unbranched alkanes of at least 4 members (excludes halogenated alkanes) is 8. The van der Waals surface area contributed by atoms with E-state index in [4.69, 9.17) is 9.47 Å². The highest BCUT2D eigenvalue weighted by atomic mass is 32.1. The van der Waals surface area contributed by atoms with Crippen molar-refractivity contribution in [2.45, 2.75) is 117 Å². The first-order valence-electron chi connectivity index (χ1n) is 16.4. The number of esters is 2. The molecule has 0 saturated carbocycles. The molecular weight excluding hydrogens is 550 g/mol. The molecule has 2 heterocycles. The first-order valence-corrected chi connectivity index (χ1v) is 17.2. The third-order valence-electron chi connectivity index (χ3n) is 8.04. The number of nitrogens with zero attached hydrogens (tertiary/aromatic N) is 2. The summed E-state index contributed by atoms with van der Waals surface area (Å²) in [5, 5.41) is 3.95. The number of nitrogens with one attached hydrogen (secondary N) is 1. The van der Waals surface area contributed by atoms with E-state index in [1.807, 2.05) is 30.9 Å². The molecule has 0 saturated heterocycles. The van der Waals surface area contributed by atoms with E-state index in [1.54, 1.807) is 11.3 Å². The maximum atomic E-state index is 13.0. The van der Waals surface area contributed by atoms with Crippen molar-refractivity contribution in [1.29, 1.82) is 0 Å². The number of carbonyl (C=O) groups is 3. The Balaban J connectivity index is 1.73. The monoisotopic (exact) mass is 607 g/mol. The van der Waals surface area contributed by atoms with Crippen LogP contribution in [0.4, 0.5) is 5.00 Å². The van der Waals surface area contributed by atoms with Gasteiger partial charge in [-0.1, -0.05) is 65.2 Å². The summed E-state index contributed by atoms with van der Waals surface area (Å²) in [6.07, 6.45) is 14.9. The number of anilines is 1. The molecule has 42 heavy (non-hydrogen) atoms. The van der Waals surface area contributed by atoms with Crippen LogP contribution in [0.15, 0.2) is 0 Å². The van der Waals surface area contributed by atoms with E-state index in [-0.39, 0.29) is 23.8 Å². The number of carbonyl (C=O) groups excluding carboxylic acids is 3.